The van der Waals surface area contributed by atoms with Crippen LogP contribution in [0.1, 0.15) is 17.3 Å². The first kappa shape index (κ1) is 10.8. The fourth-order valence-corrected chi connectivity index (χ4v) is 2.06. The number of benzene rings is 1. The number of para-hydroxylation sites is 1. The molecule has 2 N–H and O–H groups in total. The van der Waals surface area contributed by atoms with E-state index in [-0.39, 0.29) is 17.8 Å². The van der Waals surface area contributed by atoms with Crippen LogP contribution in [0.5, 0.6) is 0 Å². The highest BCUT2D eigenvalue weighted by Gasteiger charge is 2.28. The van der Waals surface area contributed by atoms with Gasteiger partial charge in [0.1, 0.15) is 0 Å². The molecule has 1 aromatic carbocycles. The lowest BCUT2D eigenvalue weighted by Crippen LogP contribution is -2.22. The molecular formula is C12H12N4O2. The SMILES string of the molecule is Cc1noc(NC(=O)C2CNc3ccccc32)n1. The number of aromatic nitrogens is 2. The van der Waals surface area contributed by atoms with E-state index in [4.69, 9.17) is 4.52 Å². The molecule has 0 saturated heterocycles. The minimum absolute atomic E-state index is 0.141. The molecule has 1 aromatic heterocycles. The van der Waals surface area contributed by atoms with Crippen LogP contribution in [0.3, 0.4) is 0 Å². The molecule has 0 radical (unpaired) electrons. The summed E-state index contributed by atoms with van der Waals surface area (Å²) in [4.78, 5) is 16.1. The van der Waals surface area contributed by atoms with E-state index in [9.17, 15) is 4.79 Å². The van der Waals surface area contributed by atoms with Gasteiger partial charge in [-0.2, -0.15) is 4.98 Å². The van der Waals surface area contributed by atoms with Gasteiger partial charge in [-0.3, -0.25) is 10.1 Å². The van der Waals surface area contributed by atoms with Crippen LogP contribution in [0.25, 0.3) is 0 Å². The van der Waals surface area contributed by atoms with Crippen LogP contribution in [0.4, 0.5) is 11.7 Å². The van der Waals surface area contributed by atoms with Gasteiger partial charge in [-0.05, 0) is 18.6 Å². The second-order valence-corrected chi connectivity index (χ2v) is 4.16. The molecule has 0 bridgehead atoms. The Morgan fingerprint density at radius 3 is 3.11 bits per heavy atom. The van der Waals surface area contributed by atoms with E-state index in [0.29, 0.717) is 12.4 Å². The fraction of sp³-hybridized carbons (Fsp3) is 0.250. The number of anilines is 2. The van der Waals surface area contributed by atoms with Crippen molar-refractivity contribution in [1.82, 2.24) is 10.1 Å². The Balaban J connectivity index is 1.78. The summed E-state index contributed by atoms with van der Waals surface area (Å²) in [5.41, 5.74) is 1.99. The van der Waals surface area contributed by atoms with Gasteiger partial charge in [0, 0.05) is 12.2 Å². The molecule has 2 aromatic rings. The molecule has 0 saturated carbocycles. The van der Waals surface area contributed by atoms with Gasteiger partial charge in [-0.1, -0.05) is 23.4 Å². The minimum atomic E-state index is -0.228. The lowest BCUT2D eigenvalue weighted by atomic mass is 10.0. The molecule has 2 heterocycles. The number of rotatable bonds is 2. The topological polar surface area (TPSA) is 80.0 Å². The van der Waals surface area contributed by atoms with Crippen molar-refractivity contribution in [3.63, 3.8) is 0 Å². The molecule has 18 heavy (non-hydrogen) atoms. The molecule has 1 aliphatic heterocycles. The first-order valence-corrected chi connectivity index (χ1v) is 5.68. The predicted octanol–water partition coefficient (Wildman–Crippen LogP) is 1.53. The number of carbonyl (C=O) groups is 1. The fourth-order valence-electron chi connectivity index (χ4n) is 2.06. The second-order valence-electron chi connectivity index (χ2n) is 4.16. The number of nitrogens with zero attached hydrogens (tertiary/aromatic N) is 2. The number of aryl methyl sites for hydroxylation is 1. The third kappa shape index (κ3) is 1.81. The molecule has 0 aliphatic carbocycles. The first-order chi connectivity index (χ1) is 8.74. The Morgan fingerprint density at radius 1 is 1.50 bits per heavy atom. The van der Waals surface area contributed by atoms with E-state index in [1.807, 2.05) is 24.3 Å². The van der Waals surface area contributed by atoms with Gasteiger partial charge >= 0.3 is 6.01 Å². The van der Waals surface area contributed by atoms with Crippen LogP contribution in [-0.2, 0) is 4.79 Å². The summed E-state index contributed by atoms with van der Waals surface area (Å²) in [5, 5.41) is 9.45. The summed E-state index contributed by atoms with van der Waals surface area (Å²) in [6.45, 7) is 2.28. The Hall–Kier alpha value is -2.37. The monoisotopic (exact) mass is 244 g/mol. The zero-order chi connectivity index (χ0) is 12.5. The van der Waals surface area contributed by atoms with Gasteiger partial charge in [0.25, 0.3) is 0 Å². The maximum absolute atomic E-state index is 12.1. The molecule has 6 heteroatoms. The second kappa shape index (κ2) is 4.14. The smallest absolute Gasteiger partial charge is 0.328 e. The molecule has 6 nitrogen and oxygen atoms in total. The third-order valence-corrected chi connectivity index (χ3v) is 2.91. The van der Waals surface area contributed by atoms with Crippen LogP contribution in [0.2, 0.25) is 0 Å². The Morgan fingerprint density at radius 2 is 2.33 bits per heavy atom. The Bertz CT molecular complexity index is 593. The van der Waals surface area contributed by atoms with E-state index < -0.39 is 0 Å². The third-order valence-electron chi connectivity index (χ3n) is 2.91. The van der Waals surface area contributed by atoms with Crippen LogP contribution in [-0.4, -0.2) is 22.6 Å². The maximum atomic E-state index is 12.1. The van der Waals surface area contributed by atoms with E-state index in [1.54, 1.807) is 6.92 Å². The normalized spacial score (nSPS) is 17.1. The Labute approximate surface area is 103 Å². The van der Waals surface area contributed by atoms with E-state index in [2.05, 4.69) is 20.8 Å². The van der Waals surface area contributed by atoms with Gasteiger partial charge in [0.2, 0.25) is 5.91 Å². The maximum Gasteiger partial charge on any atom is 0.328 e. The van der Waals surface area contributed by atoms with Gasteiger partial charge in [0.05, 0.1) is 5.92 Å². The summed E-state index contributed by atoms with van der Waals surface area (Å²) in [6.07, 6.45) is 0. The average molecular weight is 244 g/mol. The predicted molar refractivity (Wildman–Crippen MR) is 65.3 cm³/mol. The molecule has 3 rings (SSSR count). The molecule has 1 aliphatic rings. The largest absolute Gasteiger partial charge is 0.384 e. The van der Waals surface area contributed by atoms with E-state index >= 15 is 0 Å². The van der Waals surface area contributed by atoms with Crippen molar-refractivity contribution in [1.29, 1.82) is 0 Å². The quantitative estimate of drug-likeness (QED) is 0.837. The zero-order valence-electron chi connectivity index (χ0n) is 9.80. The van der Waals surface area contributed by atoms with Crippen molar-refractivity contribution in [3.05, 3.63) is 35.7 Å². The molecule has 1 amide bonds. The molecule has 0 spiro atoms. The zero-order valence-corrected chi connectivity index (χ0v) is 9.80. The van der Waals surface area contributed by atoms with Crippen molar-refractivity contribution in [3.8, 4) is 0 Å². The van der Waals surface area contributed by atoms with E-state index in [0.717, 1.165) is 11.3 Å². The Kier molecular flexibility index (Phi) is 2.47. The highest BCUT2D eigenvalue weighted by Crippen LogP contribution is 2.31. The standard InChI is InChI=1S/C12H12N4O2/c1-7-14-12(18-16-7)15-11(17)9-6-13-10-5-3-2-4-8(9)10/h2-5,9,13H,6H2,1H3,(H,14,15,16,17). The van der Waals surface area contributed by atoms with Gasteiger partial charge < -0.3 is 9.84 Å². The summed E-state index contributed by atoms with van der Waals surface area (Å²) in [5.74, 6) is 0.125. The number of carbonyl (C=O) groups excluding carboxylic acids is 1. The number of hydrogen-bond donors (Lipinski definition) is 2. The number of nitrogens with one attached hydrogen (secondary N) is 2. The lowest BCUT2D eigenvalue weighted by Gasteiger charge is -2.07. The molecule has 0 fully saturated rings. The van der Waals surface area contributed by atoms with Crippen molar-refractivity contribution >= 4 is 17.6 Å². The van der Waals surface area contributed by atoms with Crippen molar-refractivity contribution in [2.45, 2.75) is 12.8 Å². The van der Waals surface area contributed by atoms with Crippen molar-refractivity contribution in [2.75, 3.05) is 17.2 Å². The average Bonchev–Trinajstić information content (AvgIpc) is 2.95. The van der Waals surface area contributed by atoms with Crippen molar-refractivity contribution < 1.29 is 9.32 Å². The van der Waals surface area contributed by atoms with Crippen LogP contribution in [0.15, 0.2) is 28.8 Å². The molecular weight excluding hydrogens is 232 g/mol. The van der Waals surface area contributed by atoms with Crippen molar-refractivity contribution in [2.24, 2.45) is 0 Å². The van der Waals surface area contributed by atoms with Crippen LogP contribution in [0, 0.1) is 6.92 Å². The number of fused-ring (bicyclic) bond motifs is 1. The molecule has 1 atom stereocenters. The highest BCUT2D eigenvalue weighted by atomic mass is 16.5. The molecule has 92 valence electrons. The van der Waals surface area contributed by atoms with Gasteiger partial charge in [0.15, 0.2) is 5.82 Å². The van der Waals surface area contributed by atoms with E-state index in [1.165, 1.54) is 0 Å². The van der Waals surface area contributed by atoms with Gasteiger partial charge in [-0.15, -0.1) is 0 Å². The summed E-state index contributed by atoms with van der Waals surface area (Å²) in [6, 6.07) is 7.90. The first-order valence-electron chi connectivity index (χ1n) is 5.68. The van der Waals surface area contributed by atoms with Gasteiger partial charge in [-0.25, -0.2) is 0 Å². The minimum Gasteiger partial charge on any atom is -0.384 e. The number of amides is 1. The highest BCUT2D eigenvalue weighted by molar-refractivity contribution is 5.96. The number of hydrogen-bond acceptors (Lipinski definition) is 5. The summed E-state index contributed by atoms with van der Waals surface area (Å²) < 4.78 is 4.87. The van der Waals surface area contributed by atoms with Crippen LogP contribution >= 0.6 is 0 Å². The van der Waals surface area contributed by atoms with Crippen LogP contribution < -0.4 is 10.6 Å². The summed E-state index contributed by atoms with van der Waals surface area (Å²) in [7, 11) is 0. The molecule has 1 unspecified atom stereocenters. The summed E-state index contributed by atoms with van der Waals surface area (Å²) >= 11 is 0. The lowest BCUT2D eigenvalue weighted by molar-refractivity contribution is -0.117.